The van der Waals surface area contributed by atoms with E-state index in [9.17, 15) is 9.59 Å². The van der Waals surface area contributed by atoms with Gasteiger partial charge in [-0.2, -0.15) is 0 Å². The Kier molecular flexibility index (Phi) is 11.0. The summed E-state index contributed by atoms with van der Waals surface area (Å²) in [4.78, 5) is 31.9. The molecule has 0 bridgehead atoms. The molecule has 3 amide bonds. The number of nitrogens with two attached hydrogens (primary N) is 1. The Hall–Kier alpha value is -1.83. The van der Waals surface area contributed by atoms with Gasteiger partial charge in [-0.15, -0.1) is 0 Å². The second kappa shape index (κ2) is 13.5. The molecule has 4 N–H and O–H groups in total. The third-order valence-electron chi connectivity index (χ3n) is 6.24. The van der Waals surface area contributed by atoms with Crippen molar-refractivity contribution in [3.05, 3.63) is 0 Å². The van der Waals surface area contributed by atoms with Crippen molar-refractivity contribution in [1.29, 1.82) is 0 Å². The molecule has 2 atom stereocenters. The number of hydrogen-bond acceptors (Lipinski definition) is 6. The number of urea groups is 1. The van der Waals surface area contributed by atoms with Gasteiger partial charge in [0.05, 0.1) is 0 Å². The largest absolute Gasteiger partial charge is 0.326 e. The molecule has 2 aliphatic heterocycles. The second-order valence-electron chi connectivity index (χ2n) is 8.65. The van der Waals surface area contributed by atoms with Crippen molar-refractivity contribution in [1.82, 2.24) is 20.5 Å². The monoisotopic (exact) mass is 422 g/mol. The number of nitrogens with one attached hydrogen (secondary N) is 2. The second-order valence-corrected chi connectivity index (χ2v) is 8.65. The summed E-state index contributed by atoms with van der Waals surface area (Å²) in [6, 6.07) is -0.916. The fraction of sp³-hybridized carbons (Fsp3) is 0.864. The van der Waals surface area contributed by atoms with Crippen LogP contribution < -0.4 is 16.6 Å². The number of rotatable bonds is 15. The van der Waals surface area contributed by atoms with Crippen molar-refractivity contribution < 1.29 is 9.59 Å². The van der Waals surface area contributed by atoms with E-state index in [2.05, 4.69) is 22.7 Å². The maximum absolute atomic E-state index is 12.3. The van der Waals surface area contributed by atoms with Crippen LogP contribution in [0.2, 0.25) is 0 Å². The molecule has 2 heterocycles. The summed E-state index contributed by atoms with van der Waals surface area (Å²) in [5.41, 5.74) is 2.58. The first-order chi connectivity index (χ1) is 14.6. The van der Waals surface area contributed by atoms with Gasteiger partial charge in [0.15, 0.2) is 12.2 Å². The number of carbonyl (C=O) groups is 2. The van der Waals surface area contributed by atoms with Gasteiger partial charge in [-0.1, -0.05) is 90.4 Å². The van der Waals surface area contributed by atoms with Crippen molar-refractivity contribution in [3.63, 3.8) is 0 Å². The highest BCUT2D eigenvalue weighted by Gasteiger charge is 2.48. The summed E-state index contributed by atoms with van der Waals surface area (Å²) < 4.78 is 0. The number of fused-ring (bicyclic) bond motifs is 1. The molecule has 8 nitrogen and oxygen atoms in total. The number of amides is 3. The number of imide groups is 1. The molecular formula is C22H42N6O2. The van der Waals surface area contributed by atoms with Crippen LogP contribution in [-0.2, 0) is 4.79 Å². The van der Waals surface area contributed by atoms with Gasteiger partial charge in [0.1, 0.15) is 0 Å². The Morgan fingerprint density at radius 2 is 1.40 bits per heavy atom. The van der Waals surface area contributed by atoms with Crippen molar-refractivity contribution >= 4 is 17.9 Å². The van der Waals surface area contributed by atoms with Crippen molar-refractivity contribution in [3.8, 4) is 0 Å². The summed E-state index contributed by atoms with van der Waals surface area (Å²) in [5, 5.41) is 2.39. The lowest BCUT2D eigenvalue weighted by Crippen LogP contribution is -2.64. The molecule has 8 heteroatoms. The lowest BCUT2D eigenvalue weighted by molar-refractivity contribution is -0.127. The fourth-order valence-corrected chi connectivity index (χ4v) is 4.37. The molecule has 0 aromatic rings. The minimum Gasteiger partial charge on any atom is -0.326 e. The smallest absolute Gasteiger partial charge is 0.325 e. The number of likely N-dealkylation sites (N-methyl/N-ethyl adjacent to an activating group) is 1. The number of nitrogens with zero attached hydrogens (tertiary/aromatic N) is 3. The molecular weight excluding hydrogens is 380 g/mol. The average molecular weight is 423 g/mol. The lowest BCUT2D eigenvalue weighted by atomic mass is 10.0. The van der Waals surface area contributed by atoms with Crippen LogP contribution in [0, 0.1) is 0 Å². The van der Waals surface area contributed by atoms with Crippen molar-refractivity contribution in [2.75, 3.05) is 13.6 Å². The Morgan fingerprint density at radius 1 is 0.900 bits per heavy atom. The lowest BCUT2D eigenvalue weighted by Gasteiger charge is -2.36. The van der Waals surface area contributed by atoms with E-state index in [1.165, 1.54) is 81.9 Å². The van der Waals surface area contributed by atoms with Crippen molar-refractivity contribution in [2.24, 2.45) is 10.8 Å². The third-order valence-corrected chi connectivity index (χ3v) is 6.24. The molecule has 1 saturated heterocycles. The van der Waals surface area contributed by atoms with Gasteiger partial charge >= 0.3 is 6.03 Å². The zero-order valence-corrected chi connectivity index (χ0v) is 19.0. The topological polar surface area (TPSA) is 103 Å². The van der Waals surface area contributed by atoms with Crippen LogP contribution in [0.15, 0.2) is 4.99 Å². The van der Waals surface area contributed by atoms with Crippen LogP contribution in [0.25, 0.3) is 0 Å². The van der Waals surface area contributed by atoms with Gasteiger partial charge in [-0.25, -0.2) is 15.6 Å². The van der Waals surface area contributed by atoms with Gasteiger partial charge in [-0.3, -0.25) is 15.5 Å². The Morgan fingerprint density at radius 3 is 1.90 bits per heavy atom. The molecule has 1 fully saturated rings. The normalized spacial score (nSPS) is 21.0. The van der Waals surface area contributed by atoms with Crippen LogP contribution in [0.4, 0.5) is 4.79 Å². The molecule has 0 aliphatic carbocycles. The number of carbonyl (C=O) groups excluding carboxylic acids is 2. The maximum atomic E-state index is 12.3. The van der Waals surface area contributed by atoms with E-state index < -0.39 is 18.2 Å². The van der Waals surface area contributed by atoms with Crippen LogP contribution >= 0.6 is 0 Å². The number of aliphatic imine (C=N–C) groups is 1. The molecule has 2 rings (SSSR count). The minimum atomic E-state index is -0.510. The Bertz CT molecular complexity index is 568. The summed E-state index contributed by atoms with van der Waals surface area (Å²) in [6.07, 6.45) is 17.8. The summed E-state index contributed by atoms with van der Waals surface area (Å²) in [5.74, 6) is 5.78. The first-order valence-electron chi connectivity index (χ1n) is 12.0. The van der Waals surface area contributed by atoms with Crippen LogP contribution in [0.1, 0.15) is 96.8 Å². The predicted octanol–water partition coefficient (Wildman–Crippen LogP) is 3.48. The Balaban J connectivity index is 1.53. The zero-order chi connectivity index (χ0) is 21.8. The highest BCUT2D eigenvalue weighted by molar-refractivity contribution is 6.03. The highest BCUT2D eigenvalue weighted by atomic mass is 16.2. The van der Waals surface area contributed by atoms with Gasteiger partial charge in [-0.05, 0) is 6.42 Å². The van der Waals surface area contributed by atoms with Crippen molar-refractivity contribution in [2.45, 2.75) is 109 Å². The van der Waals surface area contributed by atoms with Crippen LogP contribution in [0.5, 0.6) is 0 Å². The molecule has 0 saturated carbocycles. The van der Waals surface area contributed by atoms with Gasteiger partial charge in [0, 0.05) is 13.6 Å². The number of unbranched alkanes of at least 4 members (excludes halogenated alkanes) is 13. The number of guanidine groups is 1. The van der Waals surface area contributed by atoms with Gasteiger partial charge in [0.25, 0.3) is 5.91 Å². The van der Waals surface area contributed by atoms with E-state index in [-0.39, 0.29) is 5.91 Å². The minimum absolute atomic E-state index is 0.303. The van der Waals surface area contributed by atoms with E-state index in [1.807, 2.05) is 4.90 Å². The molecule has 30 heavy (non-hydrogen) atoms. The van der Waals surface area contributed by atoms with Gasteiger partial charge < -0.3 is 9.80 Å². The third kappa shape index (κ3) is 7.15. The summed E-state index contributed by atoms with van der Waals surface area (Å²) >= 11 is 0. The number of hydrazine groups is 1. The molecule has 0 aromatic heterocycles. The average Bonchev–Trinajstić information content (AvgIpc) is 3.11. The predicted molar refractivity (Wildman–Crippen MR) is 121 cm³/mol. The van der Waals surface area contributed by atoms with Gasteiger partial charge in [0.2, 0.25) is 5.96 Å². The van der Waals surface area contributed by atoms with Crippen LogP contribution in [-0.4, -0.2) is 53.5 Å². The first-order valence-corrected chi connectivity index (χ1v) is 12.0. The summed E-state index contributed by atoms with van der Waals surface area (Å²) in [7, 11) is 1.65. The Labute approximate surface area is 182 Å². The van der Waals surface area contributed by atoms with Crippen LogP contribution in [0.3, 0.4) is 0 Å². The molecule has 0 aromatic carbocycles. The molecule has 0 radical (unpaired) electrons. The highest BCUT2D eigenvalue weighted by Crippen LogP contribution is 2.23. The van der Waals surface area contributed by atoms with E-state index >= 15 is 0 Å². The quantitative estimate of drug-likeness (QED) is 0.213. The van der Waals surface area contributed by atoms with E-state index in [0.717, 1.165) is 12.8 Å². The first kappa shape index (κ1) is 24.4. The standard InChI is InChI=1S/C22H42N6O2/c1-3-4-5-6-7-8-9-10-11-12-13-14-15-16-17-28-18-19(24-21(28)26-23)27(2)22(30)25-20(18)29/h18-19H,3-17,23H2,1-2H3,(H,24,26)(H,25,29,30). The molecule has 172 valence electrons. The fourth-order valence-electron chi connectivity index (χ4n) is 4.37. The summed E-state index contributed by atoms with van der Waals surface area (Å²) in [6.45, 7) is 2.97. The van der Waals surface area contributed by atoms with E-state index in [0.29, 0.717) is 12.5 Å². The van der Waals surface area contributed by atoms with E-state index in [1.54, 1.807) is 7.05 Å². The molecule has 0 spiro atoms. The molecule has 2 aliphatic rings. The maximum Gasteiger partial charge on any atom is 0.325 e. The molecule has 2 unspecified atom stereocenters. The number of hydrogen-bond donors (Lipinski definition) is 3. The zero-order valence-electron chi connectivity index (χ0n) is 19.0. The SMILES string of the molecule is CCCCCCCCCCCCCCCCN1C(NN)=NC2C1C(=O)NC(=O)N2C. The van der Waals surface area contributed by atoms with E-state index in [4.69, 9.17) is 5.84 Å².